The van der Waals surface area contributed by atoms with Crippen LogP contribution in [0.1, 0.15) is 33.6 Å². The van der Waals surface area contributed by atoms with Gasteiger partial charge in [0.05, 0.1) is 20.8 Å². The maximum Gasteiger partial charge on any atom is 0.328 e. The van der Waals surface area contributed by atoms with Crippen LogP contribution in [0.2, 0.25) is 0 Å². The van der Waals surface area contributed by atoms with E-state index >= 15 is 0 Å². The third-order valence-corrected chi connectivity index (χ3v) is 5.39. The molecule has 6 N–H and O–H groups in total. The van der Waals surface area contributed by atoms with Gasteiger partial charge in [-0.1, -0.05) is 0 Å². The first kappa shape index (κ1) is 31.2. The number of aliphatic hydroxyl groups is 3. The van der Waals surface area contributed by atoms with Crippen LogP contribution in [0.15, 0.2) is 0 Å². The molecule has 0 aromatic heterocycles. The number of aliphatic hydroxyl groups excluding tert-OH is 3. The highest BCUT2D eigenvalue weighted by Crippen LogP contribution is 2.23. The Hall–Kier alpha value is -2.85. The van der Waals surface area contributed by atoms with Crippen molar-refractivity contribution in [3.05, 3.63) is 0 Å². The van der Waals surface area contributed by atoms with Gasteiger partial charge in [0, 0.05) is 13.3 Å². The van der Waals surface area contributed by atoms with Crippen LogP contribution in [0.3, 0.4) is 0 Å². The molecule has 15 heteroatoms. The van der Waals surface area contributed by atoms with Crippen LogP contribution in [0, 0.1) is 0 Å². The van der Waals surface area contributed by atoms with Crippen molar-refractivity contribution in [2.75, 3.05) is 20.8 Å². The van der Waals surface area contributed by atoms with Crippen LogP contribution in [0.4, 0.5) is 0 Å². The van der Waals surface area contributed by atoms with Gasteiger partial charge in [0.25, 0.3) is 0 Å². The fourth-order valence-electron chi connectivity index (χ4n) is 3.38. The first-order valence-corrected chi connectivity index (χ1v) is 11.2. The van der Waals surface area contributed by atoms with Gasteiger partial charge in [0.2, 0.25) is 17.7 Å². The maximum absolute atomic E-state index is 12.6. The maximum atomic E-state index is 12.6. The minimum absolute atomic E-state index is 0.0915. The molecule has 1 unspecified atom stereocenters. The average Bonchev–Trinajstić information content (AvgIpc) is 2.84. The van der Waals surface area contributed by atoms with Crippen LogP contribution >= 0.6 is 0 Å². The number of nitrogens with one attached hydrogen (secondary N) is 3. The Balaban J connectivity index is 2.82. The van der Waals surface area contributed by atoms with E-state index in [2.05, 4.69) is 25.4 Å². The summed E-state index contributed by atoms with van der Waals surface area (Å²) in [7, 11) is 2.29. The van der Waals surface area contributed by atoms with Crippen LogP contribution in [-0.2, 0) is 42.9 Å². The van der Waals surface area contributed by atoms with E-state index in [1.807, 2.05) is 0 Å². The normalized spacial score (nSPS) is 26.1. The molecular weight excluding hydrogens is 486 g/mol. The SMILES string of the molecule is COC(=O)CC[C@@H](NC(=O)[C@H](C)NC(=O)[C@@H](C)O[C@H]1[C@H](O)[C@@H](CO)OC(O)[C@@H]1NC(C)=O)C(=O)OC. The van der Waals surface area contributed by atoms with Gasteiger partial charge in [-0.3, -0.25) is 19.2 Å². The van der Waals surface area contributed by atoms with E-state index in [9.17, 15) is 39.3 Å². The smallest absolute Gasteiger partial charge is 0.328 e. The third-order valence-electron chi connectivity index (χ3n) is 5.39. The average molecular weight is 522 g/mol. The van der Waals surface area contributed by atoms with Crippen molar-refractivity contribution in [2.24, 2.45) is 0 Å². The van der Waals surface area contributed by atoms with E-state index in [4.69, 9.17) is 9.47 Å². The second-order valence-corrected chi connectivity index (χ2v) is 8.14. The molecule has 3 amide bonds. The minimum atomic E-state index is -1.64. The lowest BCUT2D eigenvalue weighted by atomic mass is 9.96. The summed E-state index contributed by atoms with van der Waals surface area (Å²) in [6.07, 6.45) is -7.28. The number of carbonyl (C=O) groups is 5. The quantitative estimate of drug-likeness (QED) is 0.138. The first-order valence-electron chi connectivity index (χ1n) is 11.2. The van der Waals surface area contributed by atoms with Crippen molar-refractivity contribution in [2.45, 2.75) is 82.4 Å². The zero-order chi connectivity index (χ0) is 27.6. The summed E-state index contributed by atoms with van der Waals surface area (Å²) in [5.74, 6) is -3.50. The zero-order valence-corrected chi connectivity index (χ0v) is 20.8. The molecule has 0 saturated carbocycles. The van der Waals surface area contributed by atoms with Gasteiger partial charge in [-0.05, 0) is 20.3 Å². The summed E-state index contributed by atoms with van der Waals surface area (Å²) in [5, 5.41) is 37.1. The third kappa shape index (κ3) is 8.98. The number of ether oxygens (including phenoxy) is 4. The second-order valence-electron chi connectivity index (χ2n) is 8.14. The molecular formula is C21H35N3O12. The number of esters is 2. The number of rotatable bonds is 12. The number of amides is 3. The zero-order valence-electron chi connectivity index (χ0n) is 20.8. The Morgan fingerprint density at radius 2 is 1.64 bits per heavy atom. The molecule has 1 aliphatic heterocycles. The molecule has 36 heavy (non-hydrogen) atoms. The summed E-state index contributed by atoms with van der Waals surface area (Å²) in [6, 6.07) is -3.58. The largest absolute Gasteiger partial charge is 0.469 e. The monoisotopic (exact) mass is 521 g/mol. The number of methoxy groups -OCH3 is 2. The van der Waals surface area contributed by atoms with Crippen molar-refractivity contribution >= 4 is 29.7 Å². The van der Waals surface area contributed by atoms with E-state index in [0.29, 0.717) is 0 Å². The highest BCUT2D eigenvalue weighted by atomic mass is 16.6. The van der Waals surface area contributed by atoms with Gasteiger partial charge in [0.15, 0.2) is 6.29 Å². The van der Waals surface area contributed by atoms with E-state index < -0.39 is 85.1 Å². The molecule has 15 nitrogen and oxygen atoms in total. The molecule has 1 aliphatic rings. The van der Waals surface area contributed by atoms with Crippen molar-refractivity contribution < 1.29 is 58.2 Å². The molecule has 0 radical (unpaired) electrons. The molecule has 0 aromatic carbocycles. The van der Waals surface area contributed by atoms with Crippen molar-refractivity contribution in [3.8, 4) is 0 Å². The van der Waals surface area contributed by atoms with E-state index in [-0.39, 0.29) is 12.8 Å². The fourth-order valence-corrected chi connectivity index (χ4v) is 3.38. The lowest BCUT2D eigenvalue weighted by molar-refractivity contribution is -0.266. The molecule has 1 saturated heterocycles. The Labute approximate surface area is 207 Å². The molecule has 0 spiro atoms. The van der Waals surface area contributed by atoms with E-state index in [1.54, 1.807) is 0 Å². The summed E-state index contributed by atoms with van der Waals surface area (Å²) in [6.45, 7) is 3.14. The van der Waals surface area contributed by atoms with Crippen LogP contribution in [0.5, 0.6) is 0 Å². The Bertz CT molecular complexity index is 794. The van der Waals surface area contributed by atoms with Crippen molar-refractivity contribution in [1.82, 2.24) is 16.0 Å². The predicted octanol–water partition coefficient (Wildman–Crippen LogP) is -3.55. The molecule has 1 heterocycles. The van der Waals surface area contributed by atoms with Crippen LogP contribution in [0.25, 0.3) is 0 Å². The van der Waals surface area contributed by atoms with Crippen molar-refractivity contribution in [3.63, 3.8) is 0 Å². The van der Waals surface area contributed by atoms with Gasteiger partial charge in [-0.2, -0.15) is 0 Å². The van der Waals surface area contributed by atoms with Crippen LogP contribution in [-0.4, -0.2) is 115 Å². The van der Waals surface area contributed by atoms with Gasteiger partial charge >= 0.3 is 11.9 Å². The Morgan fingerprint density at radius 3 is 2.17 bits per heavy atom. The van der Waals surface area contributed by atoms with Gasteiger partial charge in [-0.25, -0.2) is 4.79 Å². The van der Waals surface area contributed by atoms with E-state index in [1.165, 1.54) is 21.0 Å². The summed E-state index contributed by atoms with van der Waals surface area (Å²) >= 11 is 0. The summed E-state index contributed by atoms with van der Waals surface area (Å²) in [5.41, 5.74) is 0. The predicted molar refractivity (Wildman–Crippen MR) is 119 cm³/mol. The van der Waals surface area contributed by atoms with Gasteiger partial charge in [0.1, 0.15) is 42.5 Å². The second kappa shape index (κ2) is 14.6. The lowest BCUT2D eigenvalue weighted by Gasteiger charge is -2.43. The van der Waals surface area contributed by atoms with Gasteiger partial charge in [-0.15, -0.1) is 0 Å². The highest BCUT2D eigenvalue weighted by molar-refractivity contribution is 5.91. The summed E-state index contributed by atoms with van der Waals surface area (Å²) in [4.78, 5) is 60.0. The topological polar surface area (TPSA) is 219 Å². The molecule has 0 aromatic rings. The number of carbonyl (C=O) groups excluding carboxylic acids is 5. The van der Waals surface area contributed by atoms with Crippen molar-refractivity contribution in [1.29, 1.82) is 0 Å². The molecule has 1 fully saturated rings. The lowest BCUT2D eigenvalue weighted by Crippen LogP contribution is -2.65. The molecule has 8 atom stereocenters. The molecule has 206 valence electrons. The molecule has 1 rings (SSSR count). The Morgan fingerprint density at radius 1 is 1.00 bits per heavy atom. The highest BCUT2D eigenvalue weighted by Gasteiger charge is 2.47. The Kier molecular flexibility index (Phi) is 12.7. The minimum Gasteiger partial charge on any atom is -0.469 e. The van der Waals surface area contributed by atoms with E-state index in [0.717, 1.165) is 14.0 Å². The number of hydrogen-bond acceptors (Lipinski definition) is 12. The molecule has 0 bridgehead atoms. The van der Waals surface area contributed by atoms with Gasteiger partial charge < -0.3 is 50.2 Å². The molecule has 0 aliphatic carbocycles. The standard InChI is InChI=1S/C21H35N3O12/c1-9(18(29)24-12(20(31)34-5)6-7-14(27)33-4)22-19(30)10(2)35-17-15(23-11(3)26)21(32)36-13(8-25)16(17)28/h9-10,12-13,15-17,21,25,28,32H,6-8H2,1-5H3,(H,22,30)(H,23,26)(H,24,29)/t9-,10+,12+,13+,15+,16+,17+,21?/m0/s1. The fraction of sp³-hybridized carbons (Fsp3) is 0.762. The van der Waals surface area contributed by atoms with Crippen LogP contribution < -0.4 is 16.0 Å². The number of hydrogen-bond donors (Lipinski definition) is 6. The summed E-state index contributed by atoms with van der Waals surface area (Å²) < 4.78 is 19.8. The first-order chi connectivity index (χ1) is 16.9.